The second-order valence-corrected chi connectivity index (χ2v) is 12.1. The van der Waals surface area contributed by atoms with Crippen molar-refractivity contribution in [2.24, 2.45) is 58.2 Å². The number of rotatable bonds is 3. The van der Waals surface area contributed by atoms with Crippen LogP contribution in [0.4, 0.5) is 0 Å². The summed E-state index contributed by atoms with van der Waals surface area (Å²) in [6.45, 7) is 7.21. The van der Waals surface area contributed by atoms with Crippen molar-refractivity contribution < 1.29 is 20.1 Å². The molecule has 0 aliphatic heterocycles. The number of hydrogen-bond acceptors (Lipinski definition) is 3. The van der Waals surface area contributed by atoms with Gasteiger partial charge in [-0.1, -0.05) is 32.9 Å². The first-order chi connectivity index (χ1) is 14.2. The second-order valence-electron chi connectivity index (χ2n) is 12.1. The summed E-state index contributed by atoms with van der Waals surface area (Å²) in [5, 5.41) is 31.1. The minimum absolute atomic E-state index is 0.166. The molecule has 30 heavy (non-hydrogen) atoms. The van der Waals surface area contributed by atoms with E-state index in [0.29, 0.717) is 35.5 Å². The smallest absolute Gasteiger partial charge is 0.310 e. The first kappa shape index (κ1) is 21.0. The molecular formula is C26H40O4. The summed E-state index contributed by atoms with van der Waals surface area (Å²) in [7, 11) is 0. The Balaban J connectivity index is 1.39. The summed E-state index contributed by atoms with van der Waals surface area (Å²) in [5.74, 6) is 2.06. The van der Waals surface area contributed by atoms with Gasteiger partial charge in [0.2, 0.25) is 0 Å². The highest BCUT2D eigenvalue weighted by Crippen LogP contribution is 2.68. The Morgan fingerprint density at radius 1 is 0.967 bits per heavy atom. The van der Waals surface area contributed by atoms with Crippen LogP contribution in [0.5, 0.6) is 0 Å². The zero-order chi connectivity index (χ0) is 21.4. The van der Waals surface area contributed by atoms with Gasteiger partial charge in [0.05, 0.1) is 18.1 Å². The number of aliphatic hydroxyl groups excluding tert-OH is 2. The van der Waals surface area contributed by atoms with Crippen molar-refractivity contribution in [2.45, 2.75) is 84.3 Å². The number of carboxylic acids is 1. The van der Waals surface area contributed by atoms with E-state index >= 15 is 0 Å². The normalized spacial score (nSPS) is 55.7. The molecule has 0 aromatic heterocycles. The SMILES string of the molecule is CC(C1C=CC1C(=O)O)C1CCC2C3C(O)CC4CC(O)CCC4(C)C3CCC12C. The number of aliphatic carboxylic acids is 1. The molecule has 168 valence electrons. The van der Waals surface area contributed by atoms with Crippen LogP contribution >= 0.6 is 0 Å². The lowest BCUT2D eigenvalue weighted by molar-refractivity contribution is -0.175. The van der Waals surface area contributed by atoms with Crippen LogP contribution in [0.3, 0.4) is 0 Å². The summed E-state index contributed by atoms with van der Waals surface area (Å²) in [6, 6.07) is 0. The predicted molar refractivity (Wildman–Crippen MR) is 116 cm³/mol. The maximum Gasteiger partial charge on any atom is 0.310 e. The third-order valence-corrected chi connectivity index (χ3v) is 11.2. The van der Waals surface area contributed by atoms with Gasteiger partial charge in [0, 0.05) is 0 Å². The van der Waals surface area contributed by atoms with Crippen molar-refractivity contribution in [1.82, 2.24) is 0 Å². The molecule has 3 N–H and O–H groups in total. The van der Waals surface area contributed by atoms with Crippen molar-refractivity contribution in [3.63, 3.8) is 0 Å². The molecule has 0 saturated heterocycles. The fourth-order valence-corrected chi connectivity index (χ4v) is 9.47. The van der Waals surface area contributed by atoms with Crippen LogP contribution in [0, 0.1) is 58.2 Å². The Hall–Kier alpha value is -0.870. The van der Waals surface area contributed by atoms with Crippen LogP contribution in [-0.4, -0.2) is 33.5 Å². The average Bonchev–Trinajstić information content (AvgIpc) is 2.99. The first-order valence-corrected chi connectivity index (χ1v) is 12.4. The molecule has 4 saturated carbocycles. The molecule has 5 aliphatic carbocycles. The lowest BCUT2D eigenvalue weighted by atomic mass is 9.43. The summed E-state index contributed by atoms with van der Waals surface area (Å²) in [5.41, 5.74) is 0.477. The summed E-state index contributed by atoms with van der Waals surface area (Å²) < 4.78 is 0. The van der Waals surface area contributed by atoms with Crippen LogP contribution in [0.15, 0.2) is 12.2 Å². The topological polar surface area (TPSA) is 77.8 Å². The molecule has 4 nitrogen and oxygen atoms in total. The van der Waals surface area contributed by atoms with Gasteiger partial charge in [-0.25, -0.2) is 0 Å². The van der Waals surface area contributed by atoms with E-state index in [9.17, 15) is 20.1 Å². The highest BCUT2D eigenvalue weighted by atomic mass is 16.4. The third-order valence-electron chi connectivity index (χ3n) is 11.2. The molecule has 4 heteroatoms. The Bertz CT molecular complexity index is 733. The number of hydrogen-bond donors (Lipinski definition) is 3. The number of aliphatic hydroxyl groups is 2. The number of fused-ring (bicyclic) bond motifs is 5. The quantitative estimate of drug-likeness (QED) is 0.592. The molecule has 0 bridgehead atoms. The van der Waals surface area contributed by atoms with Crippen molar-refractivity contribution in [2.75, 3.05) is 0 Å². The van der Waals surface area contributed by atoms with Crippen molar-refractivity contribution in [1.29, 1.82) is 0 Å². The highest BCUT2D eigenvalue weighted by molar-refractivity contribution is 5.74. The maximum atomic E-state index is 11.6. The fourth-order valence-electron chi connectivity index (χ4n) is 9.47. The van der Waals surface area contributed by atoms with Crippen LogP contribution in [0.2, 0.25) is 0 Å². The standard InChI is InChI=1S/C26H40O4/c1-14(17-4-5-18(17)24(29)30)19-6-7-20-23-21(9-11-26(19,20)3)25(2)10-8-16(27)12-15(25)13-22(23)28/h4-5,14-23,27-28H,6-13H2,1-3H3,(H,29,30). The Morgan fingerprint density at radius 3 is 2.33 bits per heavy atom. The summed E-state index contributed by atoms with van der Waals surface area (Å²) >= 11 is 0. The maximum absolute atomic E-state index is 11.6. The molecule has 12 unspecified atom stereocenters. The van der Waals surface area contributed by atoms with Gasteiger partial charge < -0.3 is 15.3 Å². The minimum atomic E-state index is -0.682. The highest BCUT2D eigenvalue weighted by Gasteiger charge is 2.63. The molecule has 12 atom stereocenters. The zero-order valence-corrected chi connectivity index (χ0v) is 18.8. The van der Waals surface area contributed by atoms with Crippen molar-refractivity contribution in [3.05, 3.63) is 12.2 Å². The number of allylic oxidation sites excluding steroid dienone is 1. The minimum Gasteiger partial charge on any atom is -0.481 e. The predicted octanol–water partition coefficient (Wildman–Crippen LogP) is 4.50. The van der Waals surface area contributed by atoms with Gasteiger partial charge in [-0.15, -0.1) is 0 Å². The molecule has 0 radical (unpaired) electrons. The first-order valence-electron chi connectivity index (χ1n) is 12.4. The van der Waals surface area contributed by atoms with Gasteiger partial charge in [0.25, 0.3) is 0 Å². The van der Waals surface area contributed by atoms with E-state index in [1.807, 2.05) is 6.08 Å². The molecular weight excluding hydrogens is 376 g/mol. The largest absolute Gasteiger partial charge is 0.481 e. The third kappa shape index (κ3) is 2.81. The molecule has 5 rings (SSSR count). The van der Waals surface area contributed by atoms with E-state index in [1.54, 1.807) is 0 Å². The van der Waals surface area contributed by atoms with E-state index in [0.717, 1.165) is 25.7 Å². The molecule has 0 spiro atoms. The molecule has 0 aromatic rings. The van der Waals surface area contributed by atoms with Gasteiger partial charge in [-0.3, -0.25) is 4.79 Å². The lowest BCUT2D eigenvalue weighted by Crippen LogP contribution is -2.58. The summed E-state index contributed by atoms with van der Waals surface area (Å²) in [4.78, 5) is 11.6. The Morgan fingerprint density at radius 2 is 1.67 bits per heavy atom. The Labute approximate surface area is 181 Å². The molecule has 0 amide bonds. The molecule has 0 heterocycles. The van der Waals surface area contributed by atoms with E-state index in [2.05, 4.69) is 26.8 Å². The Kier molecular flexibility index (Phi) is 4.95. The van der Waals surface area contributed by atoms with Crippen LogP contribution < -0.4 is 0 Å². The van der Waals surface area contributed by atoms with Gasteiger partial charge in [-0.2, -0.15) is 0 Å². The van der Waals surface area contributed by atoms with Crippen LogP contribution in [0.25, 0.3) is 0 Å². The average molecular weight is 417 g/mol. The van der Waals surface area contributed by atoms with Gasteiger partial charge in [0.1, 0.15) is 0 Å². The zero-order valence-electron chi connectivity index (χ0n) is 18.8. The van der Waals surface area contributed by atoms with Gasteiger partial charge in [0.15, 0.2) is 0 Å². The van der Waals surface area contributed by atoms with E-state index in [1.165, 1.54) is 25.7 Å². The molecule has 4 fully saturated rings. The monoisotopic (exact) mass is 416 g/mol. The van der Waals surface area contributed by atoms with Crippen LogP contribution in [-0.2, 0) is 4.79 Å². The van der Waals surface area contributed by atoms with E-state index in [-0.39, 0.29) is 34.9 Å². The molecule has 0 aromatic carbocycles. The molecule has 5 aliphatic rings. The van der Waals surface area contributed by atoms with Crippen molar-refractivity contribution in [3.8, 4) is 0 Å². The summed E-state index contributed by atoms with van der Waals surface area (Å²) in [6.07, 6.45) is 12.0. The van der Waals surface area contributed by atoms with Gasteiger partial charge in [-0.05, 0) is 104 Å². The van der Waals surface area contributed by atoms with Crippen molar-refractivity contribution >= 4 is 5.97 Å². The van der Waals surface area contributed by atoms with Crippen LogP contribution in [0.1, 0.15) is 72.1 Å². The second kappa shape index (κ2) is 7.07. The number of carbonyl (C=O) groups is 1. The van der Waals surface area contributed by atoms with Gasteiger partial charge >= 0.3 is 5.97 Å². The van der Waals surface area contributed by atoms with E-state index in [4.69, 9.17) is 0 Å². The number of carboxylic acid groups (broad SMARTS) is 1. The van der Waals surface area contributed by atoms with E-state index < -0.39 is 5.97 Å². The fraction of sp³-hybridized carbons (Fsp3) is 0.885. The lowest BCUT2D eigenvalue weighted by Gasteiger charge is -2.62.